The lowest BCUT2D eigenvalue weighted by atomic mass is 9.89. The van der Waals surface area contributed by atoms with E-state index < -0.39 is 5.60 Å². The van der Waals surface area contributed by atoms with Gasteiger partial charge in [-0.1, -0.05) is 58.8 Å². The Morgan fingerprint density at radius 2 is 1.70 bits per heavy atom. The van der Waals surface area contributed by atoms with E-state index in [1.165, 1.54) is 44.4 Å². The van der Waals surface area contributed by atoms with Crippen molar-refractivity contribution in [2.75, 3.05) is 0 Å². The zero-order valence-electron chi connectivity index (χ0n) is 12.9. The first kappa shape index (κ1) is 17.1. The fourth-order valence-electron chi connectivity index (χ4n) is 2.51. The molecule has 1 unspecified atom stereocenters. The summed E-state index contributed by atoms with van der Waals surface area (Å²) in [5.41, 5.74) is -0.315. The molecule has 1 rings (SSSR count). The highest BCUT2D eigenvalue weighted by Crippen LogP contribution is 2.29. The van der Waals surface area contributed by atoms with Crippen LogP contribution in [0.5, 0.6) is 0 Å². The van der Waals surface area contributed by atoms with Crippen molar-refractivity contribution in [1.82, 2.24) is 4.98 Å². The Morgan fingerprint density at radius 3 is 2.25 bits per heavy atom. The summed E-state index contributed by atoms with van der Waals surface area (Å²) in [7, 11) is 0. The van der Waals surface area contributed by atoms with Crippen LogP contribution in [0.1, 0.15) is 77.3 Å². The van der Waals surface area contributed by atoms with Crippen molar-refractivity contribution < 1.29 is 9.50 Å². The second-order valence-electron chi connectivity index (χ2n) is 5.62. The summed E-state index contributed by atoms with van der Waals surface area (Å²) < 4.78 is 12.9. The molecular formula is C17H28FNO. The topological polar surface area (TPSA) is 33.1 Å². The normalized spacial score (nSPS) is 14.2. The molecule has 0 aromatic carbocycles. The van der Waals surface area contributed by atoms with E-state index in [1.54, 1.807) is 6.07 Å². The van der Waals surface area contributed by atoms with Crippen molar-refractivity contribution >= 4 is 0 Å². The highest BCUT2D eigenvalue weighted by molar-refractivity contribution is 5.13. The molecular weight excluding hydrogens is 253 g/mol. The van der Waals surface area contributed by atoms with Crippen LogP contribution in [0.2, 0.25) is 0 Å². The minimum Gasteiger partial charge on any atom is -0.384 e. The molecule has 1 heterocycles. The molecule has 0 fully saturated rings. The number of nitrogens with zero attached hydrogens (tertiary/aromatic N) is 1. The molecule has 1 aromatic rings. The predicted molar refractivity (Wildman–Crippen MR) is 81.0 cm³/mol. The average molecular weight is 281 g/mol. The maximum absolute atomic E-state index is 12.9. The summed E-state index contributed by atoms with van der Waals surface area (Å²) in [4.78, 5) is 4.04. The van der Waals surface area contributed by atoms with E-state index in [1.807, 2.05) is 6.92 Å². The third-order valence-corrected chi connectivity index (χ3v) is 3.98. The van der Waals surface area contributed by atoms with Crippen molar-refractivity contribution in [3.63, 3.8) is 0 Å². The molecule has 0 saturated carbocycles. The summed E-state index contributed by atoms with van der Waals surface area (Å²) in [6.07, 6.45) is 11.1. The molecule has 0 aliphatic rings. The van der Waals surface area contributed by atoms with Gasteiger partial charge in [0.15, 0.2) is 0 Å². The van der Waals surface area contributed by atoms with Crippen LogP contribution in [0.15, 0.2) is 18.3 Å². The zero-order chi connectivity index (χ0) is 14.8. The maximum Gasteiger partial charge on any atom is 0.141 e. The summed E-state index contributed by atoms with van der Waals surface area (Å²) in [6.45, 7) is 4.17. The molecule has 3 heteroatoms. The minimum absolute atomic E-state index is 0.358. The number of pyridine rings is 1. The molecule has 114 valence electrons. The highest BCUT2D eigenvalue weighted by atomic mass is 19.1. The largest absolute Gasteiger partial charge is 0.384 e. The van der Waals surface area contributed by atoms with Crippen molar-refractivity contribution in [3.8, 4) is 0 Å². The number of aromatic nitrogens is 1. The van der Waals surface area contributed by atoms with Gasteiger partial charge in [-0.3, -0.25) is 4.98 Å². The SMILES string of the molecule is CCCCCCCCCC(O)(CC)c1ccc(F)cn1. The molecule has 0 saturated heterocycles. The molecule has 2 nitrogen and oxygen atoms in total. The standard InChI is InChI=1S/C17H28FNO/c1-3-5-6-7-8-9-10-13-17(20,4-2)16-12-11-15(18)14-19-16/h11-12,14,20H,3-10,13H2,1-2H3. The van der Waals surface area contributed by atoms with Gasteiger partial charge >= 0.3 is 0 Å². The monoisotopic (exact) mass is 281 g/mol. The summed E-state index contributed by atoms with van der Waals surface area (Å²) in [5.74, 6) is -0.358. The van der Waals surface area contributed by atoms with Crippen LogP contribution >= 0.6 is 0 Å². The first-order chi connectivity index (χ1) is 9.62. The molecule has 0 bridgehead atoms. The highest BCUT2D eigenvalue weighted by Gasteiger charge is 2.27. The van der Waals surface area contributed by atoms with E-state index >= 15 is 0 Å². The molecule has 20 heavy (non-hydrogen) atoms. The van der Waals surface area contributed by atoms with Gasteiger partial charge in [0.2, 0.25) is 0 Å². The van der Waals surface area contributed by atoms with Gasteiger partial charge in [-0.15, -0.1) is 0 Å². The first-order valence-corrected chi connectivity index (χ1v) is 7.97. The van der Waals surface area contributed by atoms with Crippen LogP contribution < -0.4 is 0 Å². The van der Waals surface area contributed by atoms with E-state index in [4.69, 9.17) is 0 Å². The summed E-state index contributed by atoms with van der Waals surface area (Å²) in [5, 5.41) is 10.6. The van der Waals surface area contributed by atoms with Crippen LogP contribution in [0.3, 0.4) is 0 Å². The van der Waals surface area contributed by atoms with E-state index in [-0.39, 0.29) is 5.82 Å². The lowest BCUT2D eigenvalue weighted by Crippen LogP contribution is -2.26. The Morgan fingerprint density at radius 1 is 1.05 bits per heavy atom. The smallest absolute Gasteiger partial charge is 0.141 e. The van der Waals surface area contributed by atoms with E-state index in [2.05, 4.69) is 11.9 Å². The number of hydrogen-bond donors (Lipinski definition) is 1. The number of hydrogen-bond acceptors (Lipinski definition) is 2. The molecule has 0 aliphatic heterocycles. The van der Waals surface area contributed by atoms with Gasteiger partial charge < -0.3 is 5.11 Å². The number of aliphatic hydroxyl groups is 1. The Balaban J connectivity index is 2.36. The molecule has 1 N–H and O–H groups in total. The molecule has 0 radical (unpaired) electrons. The summed E-state index contributed by atoms with van der Waals surface area (Å²) >= 11 is 0. The zero-order valence-corrected chi connectivity index (χ0v) is 12.9. The van der Waals surface area contributed by atoms with Crippen molar-refractivity contribution in [3.05, 3.63) is 29.8 Å². The Kier molecular flexibility index (Phi) is 7.75. The van der Waals surface area contributed by atoms with Crippen LogP contribution in [0.4, 0.5) is 4.39 Å². The number of halogens is 1. The van der Waals surface area contributed by atoms with Gasteiger partial charge in [0.25, 0.3) is 0 Å². The van der Waals surface area contributed by atoms with Crippen LogP contribution in [0.25, 0.3) is 0 Å². The lowest BCUT2D eigenvalue weighted by Gasteiger charge is -2.26. The molecule has 0 aliphatic carbocycles. The Hall–Kier alpha value is -0.960. The summed E-state index contributed by atoms with van der Waals surface area (Å²) in [6, 6.07) is 2.97. The van der Waals surface area contributed by atoms with Crippen molar-refractivity contribution in [1.29, 1.82) is 0 Å². The van der Waals surface area contributed by atoms with Crippen LogP contribution in [0, 0.1) is 5.82 Å². The van der Waals surface area contributed by atoms with Crippen LogP contribution in [-0.4, -0.2) is 10.1 Å². The van der Waals surface area contributed by atoms with Gasteiger partial charge in [-0.2, -0.15) is 0 Å². The van der Waals surface area contributed by atoms with E-state index in [9.17, 15) is 9.50 Å². The van der Waals surface area contributed by atoms with Gasteiger partial charge in [0.1, 0.15) is 11.4 Å². The van der Waals surface area contributed by atoms with Crippen molar-refractivity contribution in [2.24, 2.45) is 0 Å². The molecule has 0 spiro atoms. The second-order valence-corrected chi connectivity index (χ2v) is 5.62. The lowest BCUT2D eigenvalue weighted by molar-refractivity contribution is 0.0163. The Labute approximate surface area is 122 Å². The van der Waals surface area contributed by atoms with Gasteiger partial charge in [0, 0.05) is 0 Å². The fraction of sp³-hybridized carbons (Fsp3) is 0.706. The molecule has 1 atom stereocenters. The average Bonchev–Trinajstić information content (AvgIpc) is 2.46. The second kappa shape index (κ2) is 9.06. The van der Waals surface area contributed by atoms with Crippen molar-refractivity contribution in [2.45, 2.75) is 77.2 Å². The van der Waals surface area contributed by atoms with Gasteiger partial charge in [0.05, 0.1) is 11.9 Å². The maximum atomic E-state index is 12.9. The van der Waals surface area contributed by atoms with E-state index in [0.717, 1.165) is 12.8 Å². The quantitative estimate of drug-likeness (QED) is 0.615. The minimum atomic E-state index is -0.906. The predicted octanol–water partition coefficient (Wildman–Crippen LogP) is 4.96. The van der Waals surface area contributed by atoms with Gasteiger partial charge in [-0.05, 0) is 25.0 Å². The van der Waals surface area contributed by atoms with E-state index in [0.29, 0.717) is 18.5 Å². The molecule has 1 aromatic heterocycles. The first-order valence-electron chi connectivity index (χ1n) is 7.97. The number of rotatable bonds is 10. The van der Waals surface area contributed by atoms with Crippen LogP contribution in [-0.2, 0) is 5.60 Å². The number of unbranched alkanes of at least 4 members (excludes halogenated alkanes) is 6. The third-order valence-electron chi connectivity index (χ3n) is 3.98. The molecule has 0 amide bonds. The third kappa shape index (κ3) is 5.58. The Bertz CT molecular complexity index is 366. The van der Waals surface area contributed by atoms with Gasteiger partial charge in [-0.25, -0.2) is 4.39 Å². The fourth-order valence-corrected chi connectivity index (χ4v) is 2.51.